The molecule has 0 amide bonds. The molecule has 0 unspecified atom stereocenters. The molecule has 0 radical (unpaired) electrons. The Labute approximate surface area is 81.5 Å². The van der Waals surface area contributed by atoms with Crippen LogP contribution in [0.15, 0.2) is 36.4 Å². The summed E-state index contributed by atoms with van der Waals surface area (Å²) in [6, 6.07) is 10.8. The molecular weight excluding hydrogens is 179 g/mol. The monoisotopic (exact) mass is 188 g/mol. The number of hydrogen-bond donors (Lipinski definition) is 0. The molecule has 70 valence electrons. The van der Waals surface area contributed by atoms with Gasteiger partial charge in [-0.25, -0.2) is 9.97 Å². The van der Waals surface area contributed by atoms with E-state index in [4.69, 9.17) is 0 Å². The minimum absolute atomic E-state index is 0.448. The van der Waals surface area contributed by atoms with Crippen LogP contribution < -0.4 is 0 Å². The minimum atomic E-state index is -0.489. The molecule has 14 heavy (non-hydrogen) atoms. The highest BCUT2D eigenvalue weighted by Crippen LogP contribution is 2.16. The Morgan fingerprint density at radius 3 is 2.43 bits per heavy atom. The second-order valence-corrected chi connectivity index (χ2v) is 2.99. The van der Waals surface area contributed by atoms with Crippen molar-refractivity contribution in [2.75, 3.05) is 0 Å². The van der Waals surface area contributed by atoms with Gasteiger partial charge in [-0.2, -0.15) is 4.39 Å². The van der Waals surface area contributed by atoms with E-state index < -0.39 is 5.95 Å². The predicted molar refractivity (Wildman–Crippen MR) is 52.2 cm³/mol. The number of nitrogens with zero attached hydrogens (tertiary/aromatic N) is 2. The molecule has 0 saturated heterocycles. The van der Waals surface area contributed by atoms with Crippen molar-refractivity contribution in [1.82, 2.24) is 9.97 Å². The van der Waals surface area contributed by atoms with Gasteiger partial charge in [0.05, 0.1) is 5.69 Å². The molecule has 0 spiro atoms. The van der Waals surface area contributed by atoms with Gasteiger partial charge in [0.15, 0.2) is 0 Å². The Hall–Kier alpha value is -1.77. The average Bonchev–Trinajstić information content (AvgIpc) is 2.18. The molecule has 2 nitrogen and oxygen atoms in total. The van der Waals surface area contributed by atoms with Crippen molar-refractivity contribution < 1.29 is 4.39 Å². The lowest BCUT2D eigenvalue weighted by molar-refractivity contribution is 0.575. The molecule has 0 aliphatic carbocycles. The van der Waals surface area contributed by atoms with Crippen molar-refractivity contribution in [3.8, 4) is 11.3 Å². The van der Waals surface area contributed by atoms with Crippen molar-refractivity contribution in [2.24, 2.45) is 0 Å². The molecule has 0 saturated carbocycles. The van der Waals surface area contributed by atoms with E-state index in [1.165, 1.54) is 6.07 Å². The minimum Gasteiger partial charge on any atom is -0.233 e. The van der Waals surface area contributed by atoms with Gasteiger partial charge in [-0.3, -0.25) is 0 Å². The van der Waals surface area contributed by atoms with Gasteiger partial charge in [0.1, 0.15) is 5.82 Å². The summed E-state index contributed by atoms with van der Waals surface area (Å²) in [5.41, 5.74) is 1.52. The van der Waals surface area contributed by atoms with Crippen LogP contribution in [0.1, 0.15) is 5.82 Å². The zero-order chi connectivity index (χ0) is 9.97. The fraction of sp³-hybridized carbons (Fsp3) is 0.0909. The van der Waals surface area contributed by atoms with Gasteiger partial charge >= 0.3 is 0 Å². The molecule has 0 aliphatic rings. The predicted octanol–water partition coefficient (Wildman–Crippen LogP) is 2.59. The van der Waals surface area contributed by atoms with Crippen LogP contribution in [0.4, 0.5) is 4.39 Å². The van der Waals surface area contributed by atoms with Gasteiger partial charge < -0.3 is 0 Å². The lowest BCUT2D eigenvalue weighted by Crippen LogP contribution is -1.94. The second kappa shape index (κ2) is 3.54. The molecule has 1 aromatic carbocycles. The Morgan fingerprint density at radius 2 is 1.79 bits per heavy atom. The van der Waals surface area contributed by atoms with Crippen molar-refractivity contribution in [3.63, 3.8) is 0 Å². The Balaban J connectivity index is 2.52. The SMILES string of the molecule is Cc1nc(F)cc(-c2ccccc2)n1. The summed E-state index contributed by atoms with van der Waals surface area (Å²) >= 11 is 0. The first-order valence-electron chi connectivity index (χ1n) is 4.32. The molecule has 0 bridgehead atoms. The molecule has 3 heteroatoms. The third-order valence-corrected chi connectivity index (χ3v) is 1.88. The number of aromatic nitrogens is 2. The van der Waals surface area contributed by atoms with Crippen molar-refractivity contribution >= 4 is 0 Å². The van der Waals surface area contributed by atoms with E-state index in [0.29, 0.717) is 11.5 Å². The van der Waals surface area contributed by atoms with Gasteiger partial charge in [-0.1, -0.05) is 30.3 Å². The molecule has 0 fully saturated rings. The van der Waals surface area contributed by atoms with E-state index in [0.717, 1.165) is 5.56 Å². The number of benzene rings is 1. The van der Waals surface area contributed by atoms with Crippen LogP contribution in [-0.2, 0) is 0 Å². The lowest BCUT2D eigenvalue weighted by Gasteiger charge is -2.01. The third-order valence-electron chi connectivity index (χ3n) is 1.88. The molecule has 0 aliphatic heterocycles. The third kappa shape index (κ3) is 1.76. The summed E-state index contributed by atoms with van der Waals surface area (Å²) in [6.07, 6.45) is 0. The van der Waals surface area contributed by atoms with Crippen LogP contribution in [-0.4, -0.2) is 9.97 Å². The topological polar surface area (TPSA) is 25.8 Å². The zero-order valence-corrected chi connectivity index (χ0v) is 7.74. The average molecular weight is 188 g/mol. The van der Waals surface area contributed by atoms with Crippen LogP contribution in [0.5, 0.6) is 0 Å². The van der Waals surface area contributed by atoms with Gasteiger partial charge in [0, 0.05) is 11.6 Å². The van der Waals surface area contributed by atoms with E-state index in [2.05, 4.69) is 9.97 Å². The normalized spacial score (nSPS) is 10.1. The van der Waals surface area contributed by atoms with E-state index in [1.54, 1.807) is 6.92 Å². The summed E-state index contributed by atoms with van der Waals surface area (Å²) in [5, 5.41) is 0. The quantitative estimate of drug-likeness (QED) is 0.643. The summed E-state index contributed by atoms with van der Waals surface area (Å²) in [4.78, 5) is 7.74. The lowest BCUT2D eigenvalue weighted by atomic mass is 10.1. The molecule has 2 rings (SSSR count). The van der Waals surface area contributed by atoms with Gasteiger partial charge in [-0.05, 0) is 6.92 Å². The summed E-state index contributed by atoms with van der Waals surface area (Å²) < 4.78 is 13.0. The summed E-state index contributed by atoms with van der Waals surface area (Å²) in [5.74, 6) is -0.0415. The van der Waals surface area contributed by atoms with Gasteiger partial charge in [0.25, 0.3) is 0 Å². The maximum absolute atomic E-state index is 13.0. The highest BCUT2D eigenvalue weighted by molar-refractivity contribution is 5.58. The second-order valence-electron chi connectivity index (χ2n) is 2.99. The van der Waals surface area contributed by atoms with Crippen LogP contribution in [0.2, 0.25) is 0 Å². The van der Waals surface area contributed by atoms with Gasteiger partial charge in [0.2, 0.25) is 5.95 Å². The molecule has 2 aromatic rings. The van der Waals surface area contributed by atoms with Crippen LogP contribution in [0.25, 0.3) is 11.3 Å². The highest BCUT2D eigenvalue weighted by atomic mass is 19.1. The van der Waals surface area contributed by atoms with E-state index >= 15 is 0 Å². The molecule has 1 aromatic heterocycles. The smallest absolute Gasteiger partial charge is 0.216 e. The van der Waals surface area contributed by atoms with Crippen LogP contribution in [0, 0.1) is 12.9 Å². The maximum Gasteiger partial charge on any atom is 0.216 e. The first-order chi connectivity index (χ1) is 6.75. The van der Waals surface area contributed by atoms with Crippen molar-refractivity contribution in [3.05, 3.63) is 48.2 Å². The maximum atomic E-state index is 13.0. The number of rotatable bonds is 1. The zero-order valence-electron chi connectivity index (χ0n) is 7.74. The molecule has 0 atom stereocenters. The largest absolute Gasteiger partial charge is 0.233 e. The van der Waals surface area contributed by atoms with Gasteiger partial charge in [-0.15, -0.1) is 0 Å². The van der Waals surface area contributed by atoms with Crippen molar-refractivity contribution in [1.29, 1.82) is 0 Å². The van der Waals surface area contributed by atoms with E-state index in [1.807, 2.05) is 30.3 Å². The standard InChI is InChI=1S/C11H9FN2/c1-8-13-10(7-11(12)14-8)9-5-3-2-4-6-9/h2-7H,1H3. The highest BCUT2D eigenvalue weighted by Gasteiger charge is 2.02. The van der Waals surface area contributed by atoms with E-state index in [9.17, 15) is 4.39 Å². The first-order valence-corrected chi connectivity index (χ1v) is 4.32. The van der Waals surface area contributed by atoms with Crippen LogP contribution >= 0.6 is 0 Å². The molecule has 0 N–H and O–H groups in total. The first kappa shape index (κ1) is 8.81. The molecule has 1 heterocycles. The summed E-state index contributed by atoms with van der Waals surface area (Å²) in [7, 11) is 0. The Morgan fingerprint density at radius 1 is 1.07 bits per heavy atom. The van der Waals surface area contributed by atoms with E-state index in [-0.39, 0.29) is 0 Å². The Bertz CT molecular complexity index is 420. The summed E-state index contributed by atoms with van der Waals surface area (Å²) in [6.45, 7) is 1.68. The number of aryl methyl sites for hydroxylation is 1. The van der Waals surface area contributed by atoms with Crippen molar-refractivity contribution in [2.45, 2.75) is 6.92 Å². The fourth-order valence-electron chi connectivity index (χ4n) is 1.29. The number of hydrogen-bond acceptors (Lipinski definition) is 2. The van der Waals surface area contributed by atoms with Crippen LogP contribution in [0.3, 0.4) is 0 Å². The Kier molecular flexibility index (Phi) is 2.23. The fourth-order valence-corrected chi connectivity index (χ4v) is 1.29. The molecular formula is C11H9FN2. The number of halogens is 1.